The molecular weight excluding hydrogens is 291 g/mol. The van der Waals surface area contributed by atoms with E-state index in [9.17, 15) is 18.0 Å². The normalized spacial score (nSPS) is 17.1. The summed E-state index contributed by atoms with van der Waals surface area (Å²) in [5, 5.41) is 7.83. The van der Waals surface area contributed by atoms with Gasteiger partial charge in [-0.1, -0.05) is 0 Å². The van der Waals surface area contributed by atoms with Crippen LogP contribution in [0.2, 0.25) is 0 Å². The van der Waals surface area contributed by atoms with Crippen LogP contribution in [0.1, 0.15) is 35.4 Å². The largest absolute Gasteiger partial charge is 0.432 e. The zero-order valence-electron chi connectivity index (χ0n) is 10.8. The van der Waals surface area contributed by atoms with E-state index in [0.29, 0.717) is 12.5 Å². The Morgan fingerprint density at radius 1 is 1.45 bits per heavy atom. The number of nitrogens with one attached hydrogen (secondary N) is 2. The summed E-state index contributed by atoms with van der Waals surface area (Å²) < 4.78 is 37.1. The van der Waals surface area contributed by atoms with Gasteiger partial charge in [0.1, 0.15) is 5.69 Å². The number of halogens is 3. The van der Waals surface area contributed by atoms with Crippen LogP contribution in [0.5, 0.6) is 0 Å². The lowest BCUT2D eigenvalue weighted by atomic mass is 9.99. The summed E-state index contributed by atoms with van der Waals surface area (Å²) >= 11 is 1.93. The van der Waals surface area contributed by atoms with E-state index >= 15 is 0 Å². The number of alkyl halides is 3. The lowest BCUT2D eigenvalue weighted by Gasteiger charge is -2.20. The number of carbonyl (C=O) groups is 1. The maximum atomic E-state index is 12.4. The van der Waals surface area contributed by atoms with Gasteiger partial charge >= 0.3 is 6.18 Å². The molecule has 0 spiro atoms. The Labute approximate surface area is 118 Å². The van der Waals surface area contributed by atoms with Crippen LogP contribution in [-0.4, -0.2) is 34.2 Å². The van der Waals surface area contributed by atoms with E-state index in [0.717, 1.165) is 36.8 Å². The molecule has 2 heterocycles. The van der Waals surface area contributed by atoms with Crippen LogP contribution in [0.4, 0.5) is 13.2 Å². The van der Waals surface area contributed by atoms with Gasteiger partial charge in [-0.05, 0) is 36.7 Å². The minimum absolute atomic E-state index is 0.225. The van der Waals surface area contributed by atoms with Crippen molar-refractivity contribution in [3.8, 4) is 0 Å². The van der Waals surface area contributed by atoms with Gasteiger partial charge in [-0.15, -0.1) is 0 Å². The van der Waals surface area contributed by atoms with Gasteiger partial charge in [-0.25, -0.2) is 0 Å². The standard InChI is InChI=1S/C12H16F3N3OS/c13-12(14,15)10-7-9(17-18-10)11(19)16-4-1-8-2-5-20-6-3-8/h7-8H,1-6H2,(H,16,19)(H,17,18). The molecule has 0 unspecified atom stereocenters. The van der Waals surface area contributed by atoms with Gasteiger partial charge in [0.05, 0.1) is 0 Å². The monoisotopic (exact) mass is 307 g/mol. The van der Waals surface area contributed by atoms with E-state index in [1.54, 1.807) is 0 Å². The van der Waals surface area contributed by atoms with Gasteiger partial charge in [0.25, 0.3) is 5.91 Å². The van der Waals surface area contributed by atoms with Crippen molar-refractivity contribution in [2.75, 3.05) is 18.1 Å². The number of rotatable bonds is 4. The Morgan fingerprint density at radius 2 is 2.15 bits per heavy atom. The van der Waals surface area contributed by atoms with Crippen molar-refractivity contribution in [2.24, 2.45) is 5.92 Å². The molecule has 2 rings (SSSR count). The first-order valence-corrected chi connectivity index (χ1v) is 7.61. The first-order chi connectivity index (χ1) is 9.47. The van der Waals surface area contributed by atoms with Crippen molar-refractivity contribution in [3.05, 3.63) is 17.5 Å². The molecule has 112 valence electrons. The quantitative estimate of drug-likeness (QED) is 0.899. The third kappa shape index (κ3) is 4.16. The molecule has 0 aliphatic carbocycles. The zero-order valence-corrected chi connectivity index (χ0v) is 11.6. The average Bonchev–Trinajstić information content (AvgIpc) is 2.89. The number of hydrogen-bond donors (Lipinski definition) is 2. The fraction of sp³-hybridized carbons (Fsp3) is 0.667. The maximum Gasteiger partial charge on any atom is 0.432 e. The van der Waals surface area contributed by atoms with E-state index in [1.165, 1.54) is 0 Å². The summed E-state index contributed by atoms with van der Waals surface area (Å²) in [4.78, 5) is 11.7. The second kappa shape index (κ2) is 6.51. The highest BCUT2D eigenvalue weighted by Gasteiger charge is 2.33. The maximum absolute atomic E-state index is 12.4. The summed E-state index contributed by atoms with van der Waals surface area (Å²) in [5.74, 6) is 2.32. The number of amides is 1. The Hall–Kier alpha value is -1.18. The molecule has 1 amide bonds. The predicted molar refractivity (Wildman–Crippen MR) is 70.6 cm³/mol. The van der Waals surface area contributed by atoms with Gasteiger partial charge in [0, 0.05) is 12.6 Å². The van der Waals surface area contributed by atoms with Crippen LogP contribution in [0.25, 0.3) is 0 Å². The van der Waals surface area contributed by atoms with Crippen LogP contribution in [0.3, 0.4) is 0 Å². The van der Waals surface area contributed by atoms with Crippen LogP contribution in [0, 0.1) is 5.92 Å². The van der Waals surface area contributed by atoms with Gasteiger partial charge < -0.3 is 5.32 Å². The third-order valence-corrected chi connectivity index (χ3v) is 4.34. The Balaban J connectivity index is 1.78. The fourth-order valence-electron chi connectivity index (χ4n) is 2.10. The number of aromatic nitrogens is 2. The topological polar surface area (TPSA) is 57.8 Å². The molecule has 20 heavy (non-hydrogen) atoms. The highest BCUT2D eigenvalue weighted by Crippen LogP contribution is 2.27. The molecule has 0 bridgehead atoms. The Kier molecular flexibility index (Phi) is 4.95. The number of carbonyl (C=O) groups excluding carboxylic acids is 1. The summed E-state index contributed by atoms with van der Waals surface area (Å²) in [5.41, 5.74) is -1.23. The predicted octanol–water partition coefficient (Wildman–Crippen LogP) is 2.69. The molecule has 2 N–H and O–H groups in total. The molecule has 1 saturated heterocycles. The van der Waals surface area contributed by atoms with E-state index < -0.39 is 17.8 Å². The second-order valence-corrected chi connectivity index (χ2v) is 5.99. The summed E-state index contributed by atoms with van der Waals surface area (Å²) in [6.45, 7) is 0.475. The molecule has 0 aromatic carbocycles. The smallest absolute Gasteiger partial charge is 0.351 e. The van der Waals surface area contributed by atoms with Gasteiger partial charge in [0.15, 0.2) is 5.69 Å². The molecule has 0 atom stereocenters. The molecule has 1 aromatic heterocycles. The number of H-pyrrole nitrogens is 1. The highest BCUT2D eigenvalue weighted by atomic mass is 32.2. The summed E-state index contributed by atoms with van der Waals surface area (Å²) in [6.07, 6.45) is -1.36. The minimum Gasteiger partial charge on any atom is -0.351 e. The van der Waals surface area contributed by atoms with Crippen molar-refractivity contribution in [3.63, 3.8) is 0 Å². The molecule has 1 aliphatic heterocycles. The number of hydrogen-bond acceptors (Lipinski definition) is 3. The number of aromatic amines is 1. The second-order valence-electron chi connectivity index (χ2n) is 4.76. The molecule has 1 fully saturated rings. The molecule has 1 aromatic rings. The van der Waals surface area contributed by atoms with E-state index in [2.05, 4.69) is 10.4 Å². The van der Waals surface area contributed by atoms with Gasteiger partial charge in [-0.3, -0.25) is 9.89 Å². The molecule has 1 aliphatic rings. The average molecular weight is 307 g/mol. The first kappa shape index (κ1) is 15.2. The molecule has 0 radical (unpaired) electrons. The SMILES string of the molecule is O=C(NCCC1CCSCC1)c1cc(C(F)(F)F)[nH]n1. The lowest BCUT2D eigenvalue weighted by Crippen LogP contribution is -2.27. The molecule has 0 saturated carbocycles. The molecule has 8 heteroatoms. The minimum atomic E-state index is -4.51. The van der Waals surface area contributed by atoms with Gasteiger partial charge in [0.2, 0.25) is 0 Å². The zero-order chi connectivity index (χ0) is 14.6. The Morgan fingerprint density at radius 3 is 2.75 bits per heavy atom. The lowest BCUT2D eigenvalue weighted by molar-refractivity contribution is -0.141. The van der Waals surface area contributed by atoms with Crippen molar-refractivity contribution in [2.45, 2.75) is 25.4 Å². The van der Waals surface area contributed by atoms with Crippen molar-refractivity contribution in [1.29, 1.82) is 0 Å². The van der Waals surface area contributed by atoms with Crippen LogP contribution < -0.4 is 5.32 Å². The highest BCUT2D eigenvalue weighted by molar-refractivity contribution is 7.99. The first-order valence-electron chi connectivity index (χ1n) is 6.45. The molecular formula is C12H16F3N3OS. The van der Waals surface area contributed by atoms with Crippen molar-refractivity contribution >= 4 is 17.7 Å². The fourth-order valence-corrected chi connectivity index (χ4v) is 3.30. The van der Waals surface area contributed by atoms with Crippen LogP contribution >= 0.6 is 11.8 Å². The summed E-state index contributed by atoms with van der Waals surface area (Å²) in [7, 11) is 0. The van der Waals surface area contributed by atoms with E-state index in [1.807, 2.05) is 16.9 Å². The van der Waals surface area contributed by atoms with Crippen molar-refractivity contribution < 1.29 is 18.0 Å². The summed E-state index contributed by atoms with van der Waals surface area (Å²) in [6, 6.07) is 0.729. The van der Waals surface area contributed by atoms with E-state index in [-0.39, 0.29) is 5.69 Å². The van der Waals surface area contributed by atoms with Crippen molar-refractivity contribution in [1.82, 2.24) is 15.5 Å². The van der Waals surface area contributed by atoms with E-state index in [4.69, 9.17) is 0 Å². The Bertz CT molecular complexity index is 455. The van der Waals surface area contributed by atoms with Crippen LogP contribution in [0.15, 0.2) is 6.07 Å². The van der Waals surface area contributed by atoms with Gasteiger partial charge in [-0.2, -0.15) is 30.0 Å². The van der Waals surface area contributed by atoms with Crippen LogP contribution in [-0.2, 0) is 6.18 Å². The number of nitrogens with zero attached hydrogens (tertiary/aromatic N) is 1. The third-order valence-electron chi connectivity index (χ3n) is 3.29. The molecule has 4 nitrogen and oxygen atoms in total. The number of thioether (sulfide) groups is 1.